The summed E-state index contributed by atoms with van der Waals surface area (Å²) >= 11 is 0. The number of hydrogen-bond donors (Lipinski definition) is 1. The molecular formula is C18H31FN2. The Kier molecular flexibility index (Phi) is 6.82. The molecule has 1 N–H and O–H groups in total. The first-order valence-electron chi connectivity index (χ1n) is 8.09. The Hall–Kier alpha value is -0.930. The molecular weight excluding hydrogens is 263 g/mol. The van der Waals surface area contributed by atoms with Crippen molar-refractivity contribution >= 4 is 0 Å². The van der Waals surface area contributed by atoms with Crippen LogP contribution < -0.4 is 5.32 Å². The molecule has 1 rings (SSSR count). The summed E-state index contributed by atoms with van der Waals surface area (Å²) in [5.74, 6) is -0.115. The lowest BCUT2D eigenvalue weighted by atomic mass is 9.79. The zero-order chi connectivity index (χ0) is 16.0. The molecule has 3 heteroatoms. The molecule has 0 amide bonds. The quantitative estimate of drug-likeness (QED) is 0.769. The van der Waals surface area contributed by atoms with Crippen LogP contribution >= 0.6 is 0 Å². The van der Waals surface area contributed by atoms with E-state index in [1.807, 2.05) is 13.0 Å². The van der Waals surface area contributed by atoms with Gasteiger partial charge >= 0.3 is 0 Å². The third kappa shape index (κ3) is 3.83. The molecule has 1 aromatic rings. The first kappa shape index (κ1) is 18.1. The van der Waals surface area contributed by atoms with E-state index in [1.165, 1.54) is 0 Å². The Labute approximate surface area is 129 Å². The molecule has 0 saturated carbocycles. The van der Waals surface area contributed by atoms with Gasteiger partial charge in [-0.25, -0.2) is 4.39 Å². The standard InChI is InChI=1S/C18H31FN2/c1-7-12-20-17(18(8-2,9-3)21(5)6)15-11-10-14(4)16(19)13-15/h10-11,13,17,20H,7-9,12H2,1-6H3. The summed E-state index contributed by atoms with van der Waals surface area (Å²) in [6.45, 7) is 9.35. The minimum atomic E-state index is -0.115. The predicted octanol–water partition coefficient (Wildman–Crippen LogP) is 4.30. The minimum absolute atomic E-state index is 0.00311. The van der Waals surface area contributed by atoms with Gasteiger partial charge in [0.15, 0.2) is 0 Å². The molecule has 0 spiro atoms. The number of benzene rings is 1. The molecule has 0 aliphatic rings. The van der Waals surface area contributed by atoms with Crippen LogP contribution in [0.4, 0.5) is 4.39 Å². The number of nitrogens with one attached hydrogen (secondary N) is 1. The zero-order valence-electron chi connectivity index (χ0n) is 14.5. The first-order valence-corrected chi connectivity index (χ1v) is 8.09. The van der Waals surface area contributed by atoms with Gasteiger partial charge in [0.05, 0.1) is 6.04 Å². The summed E-state index contributed by atoms with van der Waals surface area (Å²) < 4.78 is 14.0. The molecule has 0 aliphatic carbocycles. The second-order valence-electron chi connectivity index (χ2n) is 6.10. The summed E-state index contributed by atoms with van der Waals surface area (Å²) in [4.78, 5) is 2.29. The van der Waals surface area contributed by atoms with Crippen LogP contribution in [0, 0.1) is 12.7 Å². The summed E-state index contributed by atoms with van der Waals surface area (Å²) in [5.41, 5.74) is 1.75. The van der Waals surface area contributed by atoms with E-state index in [0.717, 1.165) is 31.4 Å². The second-order valence-corrected chi connectivity index (χ2v) is 6.10. The zero-order valence-corrected chi connectivity index (χ0v) is 14.5. The van der Waals surface area contributed by atoms with Gasteiger partial charge in [-0.3, -0.25) is 0 Å². The Morgan fingerprint density at radius 3 is 2.24 bits per heavy atom. The Morgan fingerprint density at radius 2 is 1.81 bits per heavy atom. The Morgan fingerprint density at radius 1 is 1.19 bits per heavy atom. The summed E-state index contributed by atoms with van der Waals surface area (Å²) in [6.07, 6.45) is 3.11. The van der Waals surface area contributed by atoms with Gasteiger partial charge in [0.25, 0.3) is 0 Å². The summed E-state index contributed by atoms with van der Waals surface area (Å²) in [7, 11) is 4.25. The normalized spacial score (nSPS) is 13.7. The maximum atomic E-state index is 14.0. The smallest absolute Gasteiger partial charge is 0.126 e. The summed E-state index contributed by atoms with van der Waals surface area (Å²) in [5, 5.41) is 3.65. The van der Waals surface area contributed by atoms with E-state index in [2.05, 4.69) is 51.1 Å². The van der Waals surface area contributed by atoms with Crippen molar-refractivity contribution < 1.29 is 4.39 Å². The van der Waals surface area contributed by atoms with Crippen molar-refractivity contribution in [3.05, 3.63) is 35.1 Å². The highest BCUT2D eigenvalue weighted by Gasteiger charge is 2.38. The number of likely N-dealkylation sites (N-methyl/N-ethyl adjacent to an activating group) is 1. The van der Waals surface area contributed by atoms with Crippen molar-refractivity contribution in [2.75, 3.05) is 20.6 Å². The molecule has 0 saturated heterocycles. The average Bonchev–Trinajstić information content (AvgIpc) is 2.46. The largest absolute Gasteiger partial charge is 0.308 e. The highest BCUT2D eigenvalue weighted by Crippen LogP contribution is 2.36. The molecule has 1 atom stereocenters. The van der Waals surface area contributed by atoms with Gasteiger partial charge in [-0.1, -0.05) is 32.9 Å². The fraction of sp³-hybridized carbons (Fsp3) is 0.667. The number of rotatable bonds is 8. The third-order valence-corrected chi connectivity index (χ3v) is 4.78. The molecule has 0 aromatic heterocycles. The number of halogens is 1. The Balaban J connectivity index is 3.28. The highest BCUT2D eigenvalue weighted by atomic mass is 19.1. The number of nitrogens with zero attached hydrogens (tertiary/aromatic N) is 1. The molecule has 1 unspecified atom stereocenters. The van der Waals surface area contributed by atoms with E-state index in [1.54, 1.807) is 6.07 Å². The summed E-state index contributed by atoms with van der Waals surface area (Å²) in [6, 6.07) is 5.79. The molecule has 1 aromatic carbocycles. The second kappa shape index (κ2) is 7.90. The van der Waals surface area contributed by atoms with Crippen molar-refractivity contribution in [3.8, 4) is 0 Å². The fourth-order valence-corrected chi connectivity index (χ4v) is 3.24. The molecule has 21 heavy (non-hydrogen) atoms. The van der Waals surface area contributed by atoms with Gasteiger partial charge in [-0.15, -0.1) is 0 Å². The van der Waals surface area contributed by atoms with E-state index in [-0.39, 0.29) is 17.4 Å². The van der Waals surface area contributed by atoms with Gasteiger partial charge in [0.2, 0.25) is 0 Å². The van der Waals surface area contributed by atoms with Crippen molar-refractivity contribution in [2.45, 2.75) is 58.5 Å². The highest BCUT2D eigenvalue weighted by molar-refractivity contribution is 5.28. The number of aryl methyl sites for hydroxylation is 1. The molecule has 0 fully saturated rings. The number of hydrogen-bond acceptors (Lipinski definition) is 2. The molecule has 2 nitrogen and oxygen atoms in total. The fourth-order valence-electron chi connectivity index (χ4n) is 3.24. The van der Waals surface area contributed by atoms with Crippen LogP contribution in [0.1, 0.15) is 57.2 Å². The lowest BCUT2D eigenvalue weighted by Gasteiger charge is -2.46. The monoisotopic (exact) mass is 294 g/mol. The molecule has 0 aliphatic heterocycles. The van der Waals surface area contributed by atoms with Crippen LogP contribution in [0.5, 0.6) is 0 Å². The van der Waals surface area contributed by atoms with Gasteiger partial charge < -0.3 is 10.2 Å². The molecule has 120 valence electrons. The van der Waals surface area contributed by atoms with Gasteiger partial charge in [-0.05, 0) is 64.0 Å². The Bertz CT molecular complexity index is 439. The van der Waals surface area contributed by atoms with Crippen LogP contribution in [0.25, 0.3) is 0 Å². The lowest BCUT2D eigenvalue weighted by Crippen LogP contribution is -2.53. The minimum Gasteiger partial charge on any atom is -0.308 e. The van der Waals surface area contributed by atoms with Gasteiger partial charge in [0, 0.05) is 5.54 Å². The first-order chi connectivity index (χ1) is 9.92. The van der Waals surface area contributed by atoms with Crippen LogP contribution in [-0.2, 0) is 0 Å². The van der Waals surface area contributed by atoms with Crippen molar-refractivity contribution in [3.63, 3.8) is 0 Å². The molecule has 0 radical (unpaired) electrons. The van der Waals surface area contributed by atoms with E-state index in [4.69, 9.17) is 0 Å². The van der Waals surface area contributed by atoms with Crippen LogP contribution in [0.15, 0.2) is 18.2 Å². The SMILES string of the molecule is CCCNC(c1ccc(C)c(F)c1)C(CC)(CC)N(C)C. The third-order valence-electron chi connectivity index (χ3n) is 4.78. The van der Waals surface area contributed by atoms with Crippen LogP contribution in [0.2, 0.25) is 0 Å². The maximum Gasteiger partial charge on any atom is 0.126 e. The van der Waals surface area contributed by atoms with Gasteiger partial charge in [0.1, 0.15) is 5.82 Å². The average molecular weight is 294 g/mol. The van der Waals surface area contributed by atoms with Crippen LogP contribution in [-0.4, -0.2) is 31.1 Å². The van der Waals surface area contributed by atoms with Crippen molar-refractivity contribution in [1.29, 1.82) is 0 Å². The topological polar surface area (TPSA) is 15.3 Å². The molecule has 0 heterocycles. The molecule has 0 bridgehead atoms. The lowest BCUT2D eigenvalue weighted by molar-refractivity contribution is 0.0880. The van der Waals surface area contributed by atoms with Crippen LogP contribution in [0.3, 0.4) is 0 Å². The van der Waals surface area contributed by atoms with E-state index in [0.29, 0.717) is 5.56 Å². The van der Waals surface area contributed by atoms with E-state index < -0.39 is 0 Å². The van der Waals surface area contributed by atoms with E-state index in [9.17, 15) is 4.39 Å². The maximum absolute atomic E-state index is 14.0. The van der Waals surface area contributed by atoms with E-state index >= 15 is 0 Å². The van der Waals surface area contributed by atoms with Crippen molar-refractivity contribution in [1.82, 2.24) is 10.2 Å². The van der Waals surface area contributed by atoms with Gasteiger partial charge in [-0.2, -0.15) is 0 Å². The van der Waals surface area contributed by atoms with Crippen molar-refractivity contribution in [2.24, 2.45) is 0 Å². The predicted molar refractivity (Wildman–Crippen MR) is 89.2 cm³/mol.